The third-order valence-electron chi connectivity index (χ3n) is 7.85. The van der Waals surface area contributed by atoms with Gasteiger partial charge in [-0.05, 0) is 44.0 Å². The van der Waals surface area contributed by atoms with Gasteiger partial charge in [0, 0.05) is 30.4 Å². The third-order valence-corrected chi connectivity index (χ3v) is 8.12. The summed E-state index contributed by atoms with van der Waals surface area (Å²) in [7, 11) is 0. The summed E-state index contributed by atoms with van der Waals surface area (Å²) in [5.41, 5.74) is 6.80. The fraction of sp³-hybridized carbons (Fsp3) is 0.345. The van der Waals surface area contributed by atoms with E-state index in [1.54, 1.807) is 12.1 Å². The molecule has 1 aromatic carbocycles. The van der Waals surface area contributed by atoms with Gasteiger partial charge in [0.1, 0.15) is 17.3 Å². The van der Waals surface area contributed by atoms with Crippen LogP contribution in [-0.4, -0.2) is 62.8 Å². The number of anilines is 2. The summed E-state index contributed by atoms with van der Waals surface area (Å²) >= 11 is 6.64. The number of rotatable bonds is 5. The number of nitrogen functional groups attached to an aromatic ring is 1. The molecule has 0 aliphatic carbocycles. The van der Waals surface area contributed by atoms with E-state index in [0.29, 0.717) is 53.5 Å². The molecule has 0 unspecified atom stereocenters. The van der Waals surface area contributed by atoms with Crippen molar-refractivity contribution < 1.29 is 27.5 Å². The van der Waals surface area contributed by atoms with E-state index in [4.69, 9.17) is 27.2 Å². The van der Waals surface area contributed by atoms with Crippen LogP contribution in [0.25, 0.3) is 22.2 Å². The Kier molecular flexibility index (Phi) is 7.25. The molecule has 5 heterocycles. The number of benzene rings is 1. The fourth-order valence-electron chi connectivity index (χ4n) is 5.52. The van der Waals surface area contributed by atoms with E-state index in [9.17, 15) is 22.8 Å². The SMILES string of the molecule is CC1(C(=O)N2CCC[C@@H](n3nc(-c4ccc(C(=O)Nc5cc(C(F)(F)F)ccn5)cc4)c4c(N)ncc(Cl)c43)C2)COC1. The zero-order valence-corrected chi connectivity index (χ0v) is 23.7. The number of amides is 2. The number of piperidine rings is 1. The zero-order valence-electron chi connectivity index (χ0n) is 23.0. The molecule has 0 saturated carbocycles. The van der Waals surface area contributed by atoms with Gasteiger partial charge in [-0.2, -0.15) is 18.3 Å². The molecule has 14 heteroatoms. The van der Waals surface area contributed by atoms with E-state index >= 15 is 0 Å². The first kappa shape index (κ1) is 28.9. The minimum atomic E-state index is -4.56. The monoisotopic (exact) mass is 613 g/mol. The molecule has 3 N–H and O–H groups in total. The van der Waals surface area contributed by atoms with Crippen molar-refractivity contribution in [3.05, 3.63) is 64.9 Å². The maximum absolute atomic E-state index is 13.2. The van der Waals surface area contributed by atoms with Crippen LogP contribution < -0.4 is 11.1 Å². The number of ether oxygens (including phenoxy) is 1. The molecule has 3 aromatic heterocycles. The van der Waals surface area contributed by atoms with Crippen LogP contribution in [0.2, 0.25) is 5.02 Å². The van der Waals surface area contributed by atoms with Gasteiger partial charge in [0.25, 0.3) is 5.91 Å². The largest absolute Gasteiger partial charge is 0.416 e. The number of nitrogens with zero attached hydrogens (tertiary/aromatic N) is 5. The summed E-state index contributed by atoms with van der Waals surface area (Å²) in [6.45, 7) is 3.81. The van der Waals surface area contributed by atoms with E-state index in [1.807, 2.05) is 16.5 Å². The Morgan fingerprint density at radius 1 is 1.16 bits per heavy atom. The van der Waals surface area contributed by atoms with Gasteiger partial charge in [-0.3, -0.25) is 14.3 Å². The standard InChI is InChI=1S/C29H27ClF3N7O3/c1-28(14-43-15-28)27(42)39-10-2-3-19(13-39)40-24-20(30)12-36-25(34)22(24)23(38-40)16-4-6-17(7-5-16)26(41)37-21-11-18(8-9-35-21)29(31,32)33/h4-9,11-12,19H,2-3,10,13-15H2,1H3,(H2,34,36)(H,35,37,41)/t19-/m1/s1. The molecular weight excluding hydrogens is 587 g/mol. The van der Waals surface area contributed by atoms with Gasteiger partial charge in [0.2, 0.25) is 5.91 Å². The highest BCUT2D eigenvalue weighted by molar-refractivity contribution is 6.35. The Morgan fingerprint density at radius 2 is 1.91 bits per heavy atom. The average molecular weight is 614 g/mol. The normalized spacial score (nSPS) is 18.3. The maximum Gasteiger partial charge on any atom is 0.416 e. The zero-order chi connectivity index (χ0) is 30.5. The van der Waals surface area contributed by atoms with E-state index in [2.05, 4.69) is 15.3 Å². The van der Waals surface area contributed by atoms with E-state index < -0.39 is 23.1 Å². The van der Waals surface area contributed by atoms with Crippen molar-refractivity contribution in [3.63, 3.8) is 0 Å². The van der Waals surface area contributed by atoms with Crippen molar-refractivity contribution in [1.29, 1.82) is 0 Å². The second-order valence-electron chi connectivity index (χ2n) is 11.1. The average Bonchev–Trinajstić information content (AvgIpc) is 3.39. The van der Waals surface area contributed by atoms with Crippen molar-refractivity contribution in [1.82, 2.24) is 24.6 Å². The van der Waals surface area contributed by atoms with Crippen molar-refractivity contribution in [3.8, 4) is 11.3 Å². The highest BCUT2D eigenvalue weighted by Crippen LogP contribution is 2.39. The Labute approximate surface area is 249 Å². The number of nitrogens with one attached hydrogen (secondary N) is 1. The Bertz CT molecular complexity index is 1720. The summed E-state index contributed by atoms with van der Waals surface area (Å²) in [4.78, 5) is 35.9. The van der Waals surface area contributed by atoms with Crippen LogP contribution in [0.4, 0.5) is 24.8 Å². The number of carbonyl (C=O) groups excluding carboxylic acids is 2. The molecule has 2 fully saturated rings. The van der Waals surface area contributed by atoms with Crippen molar-refractivity contribution >= 4 is 46.0 Å². The number of likely N-dealkylation sites (tertiary alicyclic amines) is 1. The van der Waals surface area contributed by atoms with E-state index in [-0.39, 0.29) is 29.1 Å². The lowest BCUT2D eigenvalue weighted by Gasteiger charge is -2.43. The molecule has 0 bridgehead atoms. The minimum absolute atomic E-state index is 0.0570. The molecule has 2 amide bonds. The molecule has 0 spiro atoms. The Morgan fingerprint density at radius 3 is 2.58 bits per heavy atom. The lowest BCUT2D eigenvalue weighted by Crippen LogP contribution is -2.55. The molecular formula is C29H27ClF3N7O3. The number of nitrogens with two attached hydrogens (primary N) is 1. The Hall–Kier alpha value is -4.23. The number of fused-ring (bicyclic) bond motifs is 1. The van der Waals surface area contributed by atoms with Gasteiger partial charge in [-0.25, -0.2) is 9.97 Å². The van der Waals surface area contributed by atoms with Crippen LogP contribution in [0.1, 0.15) is 41.7 Å². The van der Waals surface area contributed by atoms with Gasteiger partial charge < -0.3 is 20.7 Å². The van der Waals surface area contributed by atoms with Crippen LogP contribution in [0.5, 0.6) is 0 Å². The molecule has 2 aliphatic heterocycles. The number of carbonyl (C=O) groups is 2. The summed E-state index contributed by atoms with van der Waals surface area (Å²) in [6, 6.07) is 7.81. The van der Waals surface area contributed by atoms with E-state index in [1.165, 1.54) is 18.3 Å². The highest BCUT2D eigenvalue weighted by atomic mass is 35.5. The van der Waals surface area contributed by atoms with Gasteiger partial charge >= 0.3 is 6.18 Å². The third kappa shape index (κ3) is 5.38. The van der Waals surface area contributed by atoms with Crippen LogP contribution in [-0.2, 0) is 15.7 Å². The second-order valence-corrected chi connectivity index (χ2v) is 11.5. The summed E-state index contributed by atoms with van der Waals surface area (Å²) in [6.07, 6.45) is -0.558. The first-order valence-electron chi connectivity index (χ1n) is 13.6. The molecule has 10 nitrogen and oxygen atoms in total. The number of aromatic nitrogens is 4. The van der Waals surface area contributed by atoms with Crippen LogP contribution >= 0.6 is 11.6 Å². The maximum atomic E-state index is 13.2. The molecule has 4 aromatic rings. The number of alkyl halides is 3. The van der Waals surface area contributed by atoms with Gasteiger partial charge in [-0.1, -0.05) is 23.7 Å². The number of hydrogen-bond acceptors (Lipinski definition) is 7. The molecule has 6 rings (SSSR count). The second kappa shape index (κ2) is 10.8. The first-order valence-corrected chi connectivity index (χ1v) is 14.0. The summed E-state index contributed by atoms with van der Waals surface area (Å²) in [5.74, 6) is -0.570. The topological polar surface area (TPSA) is 128 Å². The summed E-state index contributed by atoms with van der Waals surface area (Å²) < 4.78 is 46.2. The molecule has 224 valence electrons. The molecule has 43 heavy (non-hydrogen) atoms. The number of pyridine rings is 2. The van der Waals surface area contributed by atoms with Crippen LogP contribution in [0.15, 0.2) is 48.8 Å². The Balaban J connectivity index is 1.29. The molecule has 1 atom stereocenters. The van der Waals surface area contributed by atoms with Crippen molar-refractivity contribution in [2.75, 3.05) is 37.4 Å². The fourth-order valence-corrected chi connectivity index (χ4v) is 5.75. The highest BCUT2D eigenvalue weighted by Gasteiger charge is 2.44. The lowest BCUT2D eigenvalue weighted by atomic mass is 9.86. The molecule has 2 saturated heterocycles. The van der Waals surface area contributed by atoms with Gasteiger partial charge in [0.15, 0.2) is 0 Å². The van der Waals surface area contributed by atoms with Crippen LogP contribution in [0.3, 0.4) is 0 Å². The predicted octanol–water partition coefficient (Wildman–Crippen LogP) is 5.20. The lowest BCUT2D eigenvalue weighted by molar-refractivity contribution is -0.170. The number of halogens is 4. The quantitative estimate of drug-likeness (QED) is 0.317. The predicted molar refractivity (Wildman–Crippen MR) is 153 cm³/mol. The minimum Gasteiger partial charge on any atom is -0.383 e. The van der Waals surface area contributed by atoms with Crippen molar-refractivity contribution in [2.45, 2.75) is 32.0 Å². The van der Waals surface area contributed by atoms with Gasteiger partial charge in [0.05, 0.1) is 52.4 Å². The summed E-state index contributed by atoms with van der Waals surface area (Å²) in [5, 5.41) is 8.20. The number of hydrogen-bond donors (Lipinski definition) is 2. The van der Waals surface area contributed by atoms with Crippen molar-refractivity contribution in [2.24, 2.45) is 5.41 Å². The van der Waals surface area contributed by atoms with Gasteiger partial charge in [-0.15, -0.1) is 0 Å². The molecule has 0 radical (unpaired) electrons. The smallest absolute Gasteiger partial charge is 0.383 e. The van der Waals surface area contributed by atoms with Crippen LogP contribution in [0, 0.1) is 5.41 Å². The van der Waals surface area contributed by atoms with E-state index in [0.717, 1.165) is 31.2 Å². The first-order chi connectivity index (χ1) is 20.4. The molecule has 2 aliphatic rings.